The van der Waals surface area contributed by atoms with Crippen LogP contribution in [0.4, 0.5) is 0 Å². The van der Waals surface area contributed by atoms with Gasteiger partial charge < -0.3 is 0 Å². The summed E-state index contributed by atoms with van der Waals surface area (Å²) < 4.78 is 31.1. The highest BCUT2D eigenvalue weighted by molar-refractivity contribution is 7.85. The molecular weight excluding hydrogens is 208 g/mol. The molecule has 0 aliphatic carbocycles. The Hall–Kier alpha value is -0.910. The van der Waals surface area contributed by atoms with Gasteiger partial charge in [-0.05, 0) is 29.0 Å². The van der Waals surface area contributed by atoms with Crippen LogP contribution in [0, 0.1) is 0 Å². The highest BCUT2D eigenvalue weighted by Gasteiger charge is 2.09. The molecule has 0 saturated carbocycles. The van der Waals surface area contributed by atoms with Gasteiger partial charge in [0.25, 0.3) is 10.1 Å². The van der Waals surface area contributed by atoms with Crippen molar-refractivity contribution in [2.75, 3.05) is 0 Å². The molecule has 0 radical (unpaired) electrons. The van der Waals surface area contributed by atoms with Gasteiger partial charge in [0.2, 0.25) is 0 Å². The third-order valence-corrected chi connectivity index (χ3v) is 3.45. The smallest absolute Gasteiger partial charge is 0.282 e. The summed E-state index contributed by atoms with van der Waals surface area (Å²) in [5.74, 6) is 0. The zero-order valence-corrected chi connectivity index (χ0v) is 8.10. The van der Waals surface area contributed by atoms with Crippen LogP contribution < -0.4 is 0 Å². The Morgan fingerprint density at radius 3 is 2.69 bits per heavy atom. The number of fused-ring (bicyclic) bond motifs is 1. The molecule has 0 atom stereocenters. The molecule has 1 heterocycles. The molecule has 1 aromatic carbocycles. The summed E-state index contributed by atoms with van der Waals surface area (Å²) in [5, 5.41) is 2.86. The lowest BCUT2D eigenvalue weighted by atomic mass is 10.3. The summed E-state index contributed by atoms with van der Waals surface area (Å²) in [6.07, 6.45) is 0. The first kappa shape index (κ1) is 8.68. The average molecular weight is 214 g/mol. The Balaban J connectivity index is 2.75. The molecule has 1 aromatic heterocycles. The van der Waals surface area contributed by atoms with E-state index in [0.29, 0.717) is 0 Å². The highest BCUT2D eigenvalue weighted by Crippen LogP contribution is 2.23. The standard InChI is InChI=1S/C8H6O3S2/c9-13(10,11)7-2-1-6-3-4-12-8(6)5-7/h1-5H,(H,9,10,11). The molecule has 0 spiro atoms. The van der Waals surface area contributed by atoms with Gasteiger partial charge in [-0.2, -0.15) is 8.42 Å². The van der Waals surface area contributed by atoms with E-state index in [1.54, 1.807) is 6.07 Å². The Morgan fingerprint density at radius 1 is 1.23 bits per heavy atom. The van der Waals surface area contributed by atoms with Crippen LogP contribution in [0.5, 0.6) is 0 Å². The fraction of sp³-hybridized carbons (Fsp3) is 0. The maximum atomic E-state index is 10.8. The maximum Gasteiger partial charge on any atom is 0.294 e. The minimum atomic E-state index is -4.07. The molecule has 68 valence electrons. The van der Waals surface area contributed by atoms with Crippen LogP contribution in [0.1, 0.15) is 0 Å². The normalized spacial score (nSPS) is 12.1. The molecule has 0 bridgehead atoms. The van der Waals surface area contributed by atoms with Crippen LogP contribution in [0.3, 0.4) is 0 Å². The Kier molecular flexibility index (Phi) is 1.87. The van der Waals surface area contributed by atoms with Gasteiger partial charge in [-0.25, -0.2) is 0 Å². The van der Waals surface area contributed by atoms with E-state index in [2.05, 4.69) is 0 Å². The maximum absolute atomic E-state index is 10.8. The van der Waals surface area contributed by atoms with Crippen LogP contribution in [0.25, 0.3) is 10.1 Å². The lowest BCUT2D eigenvalue weighted by molar-refractivity contribution is 0.483. The van der Waals surface area contributed by atoms with E-state index >= 15 is 0 Å². The zero-order valence-electron chi connectivity index (χ0n) is 6.47. The lowest BCUT2D eigenvalue weighted by Gasteiger charge is -1.95. The predicted molar refractivity (Wildman–Crippen MR) is 51.6 cm³/mol. The van der Waals surface area contributed by atoms with Crippen molar-refractivity contribution < 1.29 is 13.0 Å². The van der Waals surface area contributed by atoms with Gasteiger partial charge in [-0.1, -0.05) is 6.07 Å². The van der Waals surface area contributed by atoms with E-state index < -0.39 is 10.1 Å². The van der Waals surface area contributed by atoms with E-state index in [-0.39, 0.29) is 4.90 Å². The van der Waals surface area contributed by atoms with Crippen LogP contribution in [0.2, 0.25) is 0 Å². The number of hydrogen-bond donors (Lipinski definition) is 1. The molecule has 0 unspecified atom stereocenters. The summed E-state index contributed by atoms with van der Waals surface area (Å²) in [6.45, 7) is 0. The number of rotatable bonds is 1. The summed E-state index contributed by atoms with van der Waals surface area (Å²) in [6, 6.07) is 6.43. The SMILES string of the molecule is O=S(=O)(O)c1ccc2ccsc2c1. The van der Waals surface area contributed by atoms with Gasteiger partial charge in [0.15, 0.2) is 0 Å². The van der Waals surface area contributed by atoms with Crippen LogP contribution in [-0.4, -0.2) is 13.0 Å². The number of benzene rings is 1. The Labute approximate surface area is 79.4 Å². The molecule has 2 rings (SSSR count). The minimum Gasteiger partial charge on any atom is -0.282 e. The molecule has 0 aliphatic heterocycles. The second-order valence-electron chi connectivity index (χ2n) is 2.60. The molecular formula is C8H6O3S2. The third kappa shape index (κ3) is 1.58. The van der Waals surface area contributed by atoms with Gasteiger partial charge in [-0.15, -0.1) is 11.3 Å². The van der Waals surface area contributed by atoms with E-state index in [4.69, 9.17) is 4.55 Å². The topological polar surface area (TPSA) is 54.4 Å². The molecule has 2 aromatic rings. The van der Waals surface area contributed by atoms with Crippen LogP contribution in [0.15, 0.2) is 34.5 Å². The van der Waals surface area contributed by atoms with Gasteiger partial charge in [0.1, 0.15) is 0 Å². The van der Waals surface area contributed by atoms with E-state index in [1.165, 1.54) is 23.5 Å². The van der Waals surface area contributed by atoms with Crippen molar-refractivity contribution in [2.45, 2.75) is 4.90 Å². The largest absolute Gasteiger partial charge is 0.294 e. The molecule has 0 amide bonds. The van der Waals surface area contributed by atoms with Gasteiger partial charge >= 0.3 is 0 Å². The van der Waals surface area contributed by atoms with Crippen molar-refractivity contribution in [3.63, 3.8) is 0 Å². The van der Waals surface area contributed by atoms with Gasteiger partial charge in [-0.3, -0.25) is 4.55 Å². The second kappa shape index (κ2) is 2.80. The molecule has 0 saturated heterocycles. The van der Waals surface area contributed by atoms with Crippen molar-refractivity contribution in [3.8, 4) is 0 Å². The number of hydrogen-bond acceptors (Lipinski definition) is 3. The summed E-state index contributed by atoms with van der Waals surface area (Å²) in [7, 11) is -4.07. The van der Waals surface area contributed by atoms with Crippen molar-refractivity contribution in [2.24, 2.45) is 0 Å². The quantitative estimate of drug-likeness (QED) is 0.740. The summed E-state index contributed by atoms with van der Waals surface area (Å²) >= 11 is 1.44. The fourth-order valence-corrected chi connectivity index (χ4v) is 2.51. The Morgan fingerprint density at radius 2 is 2.00 bits per heavy atom. The monoisotopic (exact) mass is 214 g/mol. The zero-order chi connectivity index (χ0) is 9.47. The molecule has 1 N–H and O–H groups in total. The van der Waals surface area contributed by atoms with Crippen LogP contribution >= 0.6 is 11.3 Å². The van der Waals surface area contributed by atoms with Crippen molar-refractivity contribution >= 4 is 31.5 Å². The van der Waals surface area contributed by atoms with E-state index in [1.807, 2.05) is 11.4 Å². The van der Waals surface area contributed by atoms with Crippen LogP contribution in [-0.2, 0) is 10.1 Å². The van der Waals surface area contributed by atoms with Gasteiger partial charge in [0.05, 0.1) is 4.90 Å². The lowest BCUT2D eigenvalue weighted by Crippen LogP contribution is -1.96. The van der Waals surface area contributed by atoms with E-state index in [0.717, 1.165) is 10.1 Å². The van der Waals surface area contributed by atoms with Crippen molar-refractivity contribution in [1.29, 1.82) is 0 Å². The summed E-state index contributed by atoms with van der Waals surface area (Å²) in [4.78, 5) is -0.0533. The molecule has 0 aliphatic rings. The first-order valence-electron chi connectivity index (χ1n) is 3.52. The molecule has 0 fully saturated rings. The predicted octanol–water partition coefficient (Wildman–Crippen LogP) is 2.15. The second-order valence-corrected chi connectivity index (χ2v) is 4.96. The Bertz CT molecular complexity index is 539. The molecule has 3 nitrogen and oxygen atoms in total. The number of thiophene rings is 1. The van der Waals surface area contributed by atoms with Gasteiger partial charge in [0, 0.05) is 4.70 Å². The highest BCUT2D eigenvalue weighted by atomic mass is 32.2. The minimum absolute atomic E-state index is 0.0533. The third-order valence-electron chi connectivity index (χ3n) is 1.73. The first-order chi connectivity index (χ1) is 6.07. The molecule has 13 heavy (non-hydrogen) atoms. The van der Waals surface area contributed by atoms with E-state index in [9.17, 15) is 8.42 Å². The van der Waals surface area contributed by atoms with Crippen molar-refractivity contribution in [3.05, 3.63) is 29.6 Å². The first-order valence-corrected chi connectivity index (χ1v) is 5.84. The fourth-order valence-electron chi connectivity index (χ4n) is 1.10. The summed E-state index contributed by atoms with van der Waals surface area (Å²) in [5.41, 5.74) is 0. The van der Waals surface area contributed by atoms with Crippen molar-refractivity contribution in [1.82, 2.24) is 0 Å². The average Bonchev–Trinajstić information content (AvgIpc) is 2.47. The molecule has 5 heteroatoms.